The minimum absolute atomic E-state index is 0. The average Bonchev–Trinajstić information content (AvgIpc) is 2.69. The first-order valence-electron chi connectivity index (χ1n) is 5.22. The molecule has 1 atom stereocenters. The summed E-state index contributed by atoms with van der Waals surface area (Å²) in [6.07, 6.45) is 0.666. The maximum atomic E-state index is 12.3. The Morgan fingerprint density at radius 3 is 2.47 bits per heavy atom. The van der Waals surface area contributed by atoms with E-state index in [1.54, 1.807) is 6.07 Å². The average molecular weight is 349 g/mol. The molecule has 0 radical (unpaired) electrons. The Kier molecular flexibility index (Phi) is 6.88. The lowest BCUT2D eigenvalue weighted by Crippen LogP contribution is -2.32. The normalized spacial score (nSPS) is 19.6. The highest BCUT2D eigenvalue weighted by Crippen LogP contribution is 2.28. The second-order valence-corrected chi connectivity index (χ2v) is 6.42. The lowest BCUT2D eigenvalue weighted by molar-refractivity contribution is 0.472. The van der Waals surface area contributed by atoms with Crippen molar-refractivity contribution in [3.05, 3.63) is 23.2 Å². The first-order valence-corrected chi connectivity index (χ1v) is 7.04. The molecule has 5 nitrogen and oxygen atoms in total. The topological polar surface area (TPSA) is 89.4 Å². The number of hydrogen-bond donors (Lipinski definition) is 2. The highest BCUT2D eigenvalue weighted by atomic mass is 35.5. The zero-order chi connectivity index (χ0) is 12.6. The summed E-state index contributed by atoms with van der Waals surface area (Å²) in [5, 5.41) is 0.180. The van der Waals surface area contributed by atoms with E-state index >= 15 is 0 Å². The van der Waals surface area contributed by atoms with Crippen LogP contribution in [0.1, 0.15) is 6.42 Å². The standard InChI is InChI=1S/C10H14ClN3O2S.2ClH/c11-9-2-1-7(12)5-10(9)17(15,16)14-4-3-8(13)6-14;;/h1-2,5,8H,3-4,6,12-13H2;2*1H. The summed E-state index contributed by atoms with van der Waals surface area (Å²) in [5.74, 6) is 0. The summed E-state index contributed by atoms with van der Waals surface area (Å²) in [6, 6.07) is 4.32. The number of hydrogen-bond acceptors (Lipinski definition) is 4. The SMILES string of the molecule is Cl.Cl.Nc1ccc(Cl)c(S(=O)(=O)N2CCC(N)C2)c1. The first kappa shape index (κ1) is 18.8. The zero-order valence-corrected chi connectivity index (χ0v) is 13.2. The van der Waals surface area contributed by atoms with Crippen molar-refractivity contribution in [1.29, 1.82) is 0 Å². The molecule has 1 saturated heterocycles. The number of nitrogen functional groups attached to an aromatic ring is 1. The van der Waals surface area contributed by atoms with Gasteiger partial charge in [-0.05, 0) is 24.6 Å². The van der Waals surface area contributed by atoms with Crippen molar-refractivity contribution in [3.8, 4) is 0 Å². The Bertz CT molecular complexity index is 539. The predicted molar refractivity (Wildman–Crippen MR) is 81.7 cm³/mol. The number of rotatable bonds is 2. The van der Waals surface area contributed by atoms with Crippen LogP contribution in [-0.2, 0) is 10.0 Å². The molecule has 1 heterocycles. The number of benzene rings is 1. The number of anilines is 1. The highest BCUT2D eigenvalue weighted by molar-refractivity contribution is 7.89. The minimum Gasteiger partial charge on any atom is -0.399 e. The van der Waals surface area contributed by atoms with Crippen LogP contribution >= 0.6 is 36.4 Å². The van der Waals surface area contributed by atoms with E-state index in [-0.39, 0.29) is 40.8 Å². The Morgan fingerprint density at radius 1 is 1.32 bits per heavy atom. The number of nitrogens with two attached hydrogens (primary N) is 2. The maximum Gasteiger partial charge on any atom is 0.244 e. The van der Waals surface area contributed by atoms with Gasteiger partial charge in [-0.1, -0.05) is 11.6 Å². The third-order valence-electron chi connectivity index (χ3n) is 2.76. The Hall–Kier alpha value is -0.240. The van der Waals surface area contributed by atoms with Crippen LogP contribution < -0.4 is 11.5 Å². The highest BCUT2D eigenvalue weighted by Gasteiger charge is 2.32. The van der Waals surface area contributed by atoms with E-state index in [1.165, 1.54) is 16.4 Å². The largest absolute Gasteiger partial charge is 0.399 e. The van der Waals surface area contributed by atoms with Gasteiger partial charge in [0.2, 0.25) is 10.0 Å². The molecule has 0 saturated carbocycles. The van der Waals surface area contributed by atoms with E-state index in [4.69, 9.17) is 23.1 Å². The van der Waals surface area contributed by atoms with Crippen LogP contribution in [0.5, 0.6) is 0 Å². The van der Waals surface area contributed by atoms with Crippen LogP contribution in [0.3, 0.4) is 0 Å². The second-order valence-electron chi connectivity index (χ2n) is 4.10. The first-order chi connectivity index (χ1) is 7.91. The van der Waals surface area contributed by atoms with Crippen molar-refractivity contribution in [2.24, 2.45) is 5.73 Å². The van der Waals surface area contributed by atoms with Gasteiger partial charge in [0, 0.05) is 24.8 Å². The summed E-state index contributed by atoms with van der Waals surface area (Å²) in [6.45, 7) is 0.752. The van der Waals surface area contributed by atoms with Gasteiger partial charge < -0.3 is 11.5 Å². The fourth-order valence-electron chi connectivity index (χ4n) is 1.83. The lowest BCUT2D eigenvalue weighted by Gasteiger charge is -2.17. The van der Waals surface area contributed by atoms with Gasteiger partial charge in [-0.2, -0.15) is 4.31 Å². The van der Waals surface area contributed by atoms with E-state index in [1.807, 2.05) is 0 Å². The van der Waals surface area contributed by atoms with E-state index in [9.17, 15) is 8.42 Å². The molecule has 0 amide bonds. The monoisotopic (exact) mass is 347 g/mol. The maximum absolute atomic E-state index is 12.3. The molecule has 0 aliphatic carbocycles. The summed E-state index contributed by atoms with van der Waals surface area (Å²) < 4.78 is 25.9. The van der Waals surface area contributed by atoms with Crippen LogP contribution in [-0.4, -0.2) is 31.9 Å². The third kappa shape index (κ3) is 3.87. The Labute approximate surface area is 130 Å². The predicted octanol–water partition coefficient (Wildman–Crippen LogP) is 1.49. The summed E-state index contributed by atoms with van der Waals surface area (Å²) in [7, 11) is -3.58. The molecule has 0 bridgehead atoms. The van der Waals surface area contributed by atoms with Crippen molar-refractivity contribution in [2.45, 2.75) is 17.4 Å². The lowest BCUT2D eigenvalue weighted by atomic mass is 10.3. The number of nitrogens with zero attached hydrogens (tertiary/aromatic N) is 1. The molecule has 1 unspecified atom stereocenters. The zero-order valence-electron chi connectivity index (χ0n) is 9.95. The molecule has 1 aromatic rings. The van der Waals surface area contributed by atoms with Crippen molar-refractivity contribution in [3.63, 3.8) is 0 Å². The van der Waals surface area contributed by atoms with Crippen molar-refractivity contribution in [1.82, 2.24) is 4.31 Å². The fraction of sp³-hybridized carbons (Fsp3) is 0.400. The van der Waals surface area contributed by atoms with Crippen LogP contribution in [0, 0.1) is 0 Å². The van der Waals surface area contributed by atoms with Crippen LogP contribution in [0.15, 0.2) is 23.1 Å². The van der Waals surface area contributed by atoms with Gasteiger partial charge in [0.25, 0.3) is 0 Å². The molecule has 1 aromatic carbocycles. The number of halogens is 3. The van der Waals surface area contributed by atoms with Gasteiger partial charge >= 0.3 is 0 Å². The van der Waals surface area contributed by atoms with Crippen molar-refractivity contribution >= 4 is 52.1 Å². The van der Waals surface area contributed by atoms with Gasteiger partial charge in [-0.15, -0.1) is 24.8 Å². The van der Waals surface area contributed by atoms with Gasteiger partial charge in [0.05, 0.1) is 5.02 Å². The molecule has 2 rings (SSSR count). The summed E-state index contributed by atoms with van der Waals surface area (Å²) in [5.41, 5.74) is 11.7. The fourth-order valence-corrected chi connectivity index (χ4v) is 3.85. The summed E-state index contributed by atoms with van der Waals surface area (Å²) >= 11 is 5.90. The van der Waals surface area contributed by atoms with E-state index < -0.39 is 10.0 Å². The second kappa shape index (κ2) is 6.97. The molecule has 0 spiro atoms. The van der Waals surface area contributed by atoms with E-state index in [2.05, 4.69) is 0 Å². The molecule has 19 heavy (non-hydrogen) atoms. The molecular formula is C10H16Cl3N3O2S. The molecule has 110 valence electrons. The molecule has 0 aromatic heterocycles. The third-order valence-corrected chi connectivity index (χ3v) is 5.11. The molecule has 1 aliphatic heterocycles. The smallest absolute Gasteiger partial charge is 0.244 e. The molecule has 1 fully saturated rings. The van der Waals surface area contributed by atoms with Gasteiger partial charge in [0.15, 0.2) is 0 Å². The molecular weight excluding hydrogens is 333 g/mol. The summed E-state index contributed by atoms with van der Waals surface area (Å²) in [4.78, 5) is 0.0493. The van der Waals surface area contributed by atoms with Crippen LogP contribution in [0.4, 0.5) is 5.69 Å². The van der Waals surface area contributed by atoms with Crippen LogP contribution in [0.25, 0.3) is 0 Å². The van der Waals surface area contributed by atoms with Crippen LogP contribution in [0.2, 0.25) is 5.02 Å². The minimum atomic E-state index is -3.58. The van der Waals surface area contributed by atoms with Gasteiger partial charge in [-0.25, -0.2) is 8.42 Å². The van der Waals surface area contributed by atoms with E-state index in [0.29, 0.717) is 25.2 Å². The van der Waals surface area contributed by atoms with Gasteiger partial charge in [0.1, 0.15) is 4.90 Å². The quantitative estimate of drug-likeness (QED) is 0.792. The van der Waals surface area contributed by atoms with Crippen molar-refractivity contribution < 1.29 is 8.42 Å². The Balaban J connectivity index is 0.00000162. The molecule has 1 aliphatic rings. The Morgan fingerprint density at radius 2 is 1.95 bits per heavy atom. The van der Waals surface area contributed by atoms with E-state index in [0.717, 1.165) is 0 Å². The van der Waals surface area contributed by atoms with Crippen molar-refractivity contribution in [2.75, 3.05) is 18.8 Å². The van der Waals surface area contributed by atoms with Gasteiger partial charge in [-0.3, -0.25) is 0 Å². The number of sulfonamides is 1. The molecule has 4 N–H and O–H groups in total. The molecule has 9 heteroatoms.